The third-order valence-electron chi connectivity index (χ3n) is 6.20. The molecule has 6 N–H and O–H groups in total. The van der Waals surface area contributed by atoms with Gasteiger partial charge in [-0.25, -0.2) is 0 Å². The van der Waals surface area contributed by atoms with Gasteiger partial charge < -0.3 is 30.9 Å². The van der Waals surface area contributed by atoms with Crippen LogP contribution in [-0.4, -0.2) is 87.4 Å². The number of aliphatic hydroxyl groups excluding tert-OH is 2. The van der Waals surface area contributed by atoms with Crippen LogP contribution >= 0.6 is 0 Å². The molecule has 162 valence electrons. The lowest BCUT2D eigenvalue weighted by molar-refractivity contribution is -0.164. The van der Waals surface area contributed by atoms with E-state index >= 15 is 0 Å². The summed E-state index contributed by atoms with van der Waals surface area (Å²) in [5, 5.41) is 40.7. The lowest BCUT2D eigenvalue weighted by atomic mass is 9.76. The number of hydrogen-bond donors (Lipinski definition) is 5. The molecule has 0 spiro atoms. The predicted octanol–water partition coefficient (Wildman–Crippen LogP) is 0.0263. The molecule has 1 heterocycles. The van der Waals surface area contributed by atoms with Crippen molar-refractivity contribution in [3.05, 3.63) is 0 Å². The maximum atomic E-state index is 11.6. The number of carboxylic acids is 2. The second kappa shape index (κ2) is 10.5. The van der Waals surface area contributed by atoms with Crippen molar-refractivity contribution >= 4 is 11.9 Å². The summed E-state index contributed by atoms with van der Waals surface area (Å²) in [6, 6.07) is -0.749. The molecule has 1 saturated carbocycles. The number of ether oxygens (including phenoxy) is 1. The topological polar surface area (TPSA) is 154 Å². The summed E-state index contributed by atoms with van der Waals surface area (Å²) < 4.78 is 5.29. The fourth-order valence-electron chi connectivity index (χ4n) is 4.71. The van der Waals surface area contributed by atoms with Crippen molar-refractivity contribution in [2.45, 2.75) is 75.2 Å². The summed E-state index contributed by atoms with van der Waals surface area (Å²) in [6.45, 7) is 1.17. The molecule has 28 heavy (non-hydrogen) atoms. The van der Waals surface area contributed by atoms with E-state index in [4.69, 9.17) is 10.5 Å². The van der Waals surface area contributed by atoms with Crippen molar-refractivity contribution in [3.8, 4) is 0 Å². The van der Waals surface area contributed by atoms with Gasteiger partial charge in [-0.05, 0) is 12.3 Å². The van der Waals surface area contributed by atoms with Crippen LogP contribution in [0.2, 0.25) is 0 Å². The molecule has 0 radical (unpaired) electrons. The maximum absolute atomic E-state index is 11.6. The van der Waals surface area contributed by atoms with Gasteiger partial charge in [0.25, 0.3) is 0 Å². The number of carboxylic acid groups (broad SMARTS) is 2. The Labute approximate surface area is 165 Å². The highest BCUT2D eigenvalue weighted by molar-refractivity contribution is 5.73. The Hall–Kier alpha value is -1.26. The van der Waals surface area contributed by atoms with Crippen LogP contribution in [0.15, 0.2) is 0 Å². The minimum absolute atomic E-state index is 0.280. The average Bonchev–Trinajstić information content (AvgIpc) is 2.67. The van der Waals surface area contributed by atoms with Crippen LogP contribution in [0.3, 0.4) is 0 Å². The number of carbonyl (C=O) groups is 2. The van der Waals surface area contributed by atoms with Crippen molar-refractivity contribution in [2.75, 3.05) is 26.3 Å². The average molecular weight is 402 g/mol. The zero-order chi connectivity index (χ0) is 20.7. The van der Waals surface area contributed by atoms with Gasteiger partial charge in [0.05, 0.1) is 37.7 Å². The summed E-state index contributed by atoms with van der Waals surface area (Å²) in [4.78, 5) is 24.8. The number of nitrogens with zero attached hydrogens (tertiary/aromatic N) is 1. The van der Waals surface area contributed by atoms with Crippen LogP contribution in [0.4, 0.5) is 0 Å². The molecule has 1 aliphatic heterocycles. The smallest absolute Gasteiger partial charge is 0.305 e. The van der Waals surface area contributed by atoms with E-state index in [9.17, 15) is 30.0 Å². The number of aliphatic hydroxyl groups is 2. The van der Waals surface area contributed by atoms with Crippen molar-refractivity contribution in [3.63, 3.8) is 0 Å². The Bertz CT molecular complexity index is 502. The van der Waals surface area contributed by atoms with Gasteiger partial charge in [-0.15, -0.1) is 0 Å². The minimum atomic E-state index is -1.65. The van der Waals surface area contributed by atoms with Crippen molar-refractivity contribution in [2.24, 2.45) is 11.7 Å². The molecule has 0 bridgehead atoms. The molecule has 2 fully saturated rings. The lowest BCUT2D eigenvalue weighted by Crippen LogP contribution is -2.66. The van der Waals surface area contributed by atoms with Crippen LogP contribution in [0.5, 0.6) is 0 Å². The molecule has 1 aliphatic carbocycles. The first-order valence-electron chi connectivity index (χ1n) is 10.1. The fraction of sp³-hybridized carbons (Fsp3) is 0.895. The van der Waals surface area contributed by atoms with E-state index in [1.165, 1.54) is 6.42 Å². The summed E-state index contributed by atoms with van der Waals surface area (Å²) in [6.07, 6.45) is 1.77. The van der Waals surface area contributed by atoms with E-state index in [0.29, 0.717) is 25.6 Å². The van der Waals surface area contributed by atoms with Crippen LogP contribution in [0.25, 0.3) is 0 Å². The SMILES string of the molecule is N[C@@H](CC1CCCCC1)[C@@H](O)[C@@H](O)C(CC(=O)O)(CC(=O)O)N1CCOCC1. The quantitative estimate of drug-likeness (QED) is 0.340. The first kappa shape index (κ1) is 23.0. The Morgan fingerprint density at radius 1 is 1.04 bits per heavy atom. The summed E-state index contributed by atoms with van der Waals surface area (Å²) in [5.41, 5.74) is 4.54. The number of morpholine rings is 1. The van der Waals surface area contributed by atoms with Gasteiger partial charge >= 0.3 is 11.9 Å². The van der Waals surface area contributed by atoms with E-state index < -0.39 is 48.6 Å². The molecule has 9 heteroatoms. The zero-order valence-corrected chi connectivity index (χ0v) is 16.3. The molecule has 0 aromatic carbocycles. The van der Waals surface area contributed by atoms with E-state index in [-0.39, 0.29) is 13.1 Å². The van der Waals surface area contributed by atoms with E-state index in [2.05, 4.69) is 0 Å². The summed E-state index contributed by atoms with van der Waals surface area (Å²) in [5.74, 6) is -2.11. The van der Waals surface area contributed by atoms with E-state index in [0.717, 1.165) is 25.7 Å². The third kappa shape index (κ3) is 5.87. The Balaban J connectivity index is 2.22. The van der Waals surface area contributed by atoms with Crippen molar-refractivity contribution in [1.82, 2.24) is 4.90 Å². The molecule has 0 aromatic rings. The standard InChI is InChI=1S/C19H34N2O7/c20-14(10-13-4-2-1-3-5-13)17(26)18(27)19(11-15(22)23,12-16(24)25)21-6-8-28-9-7-21/h13-14,17-18,26-27H,1-12,20H2,(H,22,23)(H,24,25)/t14-,17+,18+/m0/s1. The molecule has 0 amide bonds. The summed E-state index contributed by atoms with van der Waals surface area (Å²) >= 11 is 0. The van der Waals surface area contributed by atoms with E-state index in [1.54, 1.807) is 4.90 Å². The summed E-state index contributed by atoms with van der Waals surface area (Å²) in [7, 11) is 0. The fourth-order valence-corrected chi connectivity index (χ4v) is 4.71. The number of aliphatic carboxylic acids is 2. The van der Waals surface area contributed by atoms with Crippen LogP contribution < -0.4 is 5.73 Å². The molecular formula is C19H34N2O7. The predicted molar refractivity (Wildman–Crippen MR) is 101 cm³/mol. The molecule has 9 nitrogen and oxygen atoms in total. The normalized spacial score (nSPS) is 23.1. The van der Waals surface area contributed by atoms with Gasteiger partial charge in [0.15, 0.2) is 0 Å². The van der Waals surface area contributed by atoms with Crippen LogP contribution in [0, 0.1) is 5.92 Å². The van der Waals surface area contributed by atoms with Crippen LogP contribution in [0.1, 0.15) is 51.4 Å². The van der Waals surface area contributed by atoms with Gasteiger partial charge in [-0.3, -0.25) is 14.5 Å². The van der Waals surface area contributed by atoms with Crippen molar-refractivity contribution in [1.29, 1.82) is 0 Å². The molecule has 1 saturated heterocycles. The van der Waals surface area contributed by atoms with Gasteiger partial charge in [-0.1, -0.05) is 32.1 Å². The number of hydrogen-bond acceptors (Lipinski definition) is 7. The first-order valence-corrected chi connectivity index (χ1v) is 10.1. The molecule has 0 unspecified atom stereocenters. The zero-order valence-electron chi connectivity index (χ0n) is 16.3. The highest BCUT2D eigenvalue weighted by Gasteiger charge is 2.51. The lowest BCUT2D eigenvalue weighted by Gasteiger charge is -2.48. The van der Waals surface area contributed by atoms with E-state index in [1.807, 2.05) is 0 Å². The monoisotopic (exact) mass is 402 g/mol. The van der Waals surface area contributed by atoms with Gasteiger partial charge in [-0.2, -0.15) is 0 Å². The minimum Gasteiger partial charge on any atom is -0.481 e. The Kier molecular flexibility index (Phi) is 8.63. The second-order valence-corrected chi connectivity index (χ2v) is 8.18. The Morgan fingerprint density at radius 3 is 2.07 bits per heavy atom. The molecule has 0 aromatic heterocycles. The molecular weight excluding hydrogens is 368 g/mol. The molecule has 3 atom stereocenters. The van der Waals surface area contributed by atoms with Gasteiger partial charge in [0, 0.05) is 19.1 Å². The molecule has 2 rings (SSSR count). The number of nitrogens with two attached hydrogens (primary N) is 1. The first-order chi connectivity index (χ1) is 13.3. The van der Waals surface area contributed by atoms with Gasteiger partial charge in [0.2, 0.25) is 0 Å². The highest BCUT2D eigenvalue weighted by atomic mass is 16.5. The van der Waals surface area contributed by atoms with Crippen LogP contribution in [-0.2, 0) is 14.3 Å². The maximum Gasteiger partial charge on any atom is 0.305 e. The number of rotatable bonds is 10. The molecule has 2 aliphatic rings. The second-order valence-electron chi connectivity index (χ2n) is 8.18. The highest BCUT2D eigenvalue weighted by Crippen LogP contribution is 2.34. The largest absolute Gasteiger partial charge is 0.481 e. The third-order valence-corrected chi connectivity index (χ3v) is 6.20. The van der Waals surface area contributed by atoms with Crippen molar-refractivity contribution < 1.29 is 34.8 Å². The Morgan fingerprint density at radius 2 is 1.57 bits per heavy atom. The van der Waals surface area contributed by atoms with Gasteiger partial charge in [0.1, 0.15) is 6.10 Å².